The number of benzene rings is 1. The highest BCUT2D eigenvalue weighted by atomic mass is 16.6. The molecule has 31 heavy (non-hydrogen) atoms. The monoisotopic (exact) mass is 426 g/mol. The van der Waals surface area contributed by atoms with Crippen LogP contribution in [0.5, 0.6) is 0 Å². The van der Waals surface area contributed by atoms with Gasteiger partial charge >= 0.3 is 6.09 Å². The van der Waals surface area contributed by atoms with Crippen LogP contribution in [0.15, 0.2) is 36.4 Å². The van der Waals surface area contributed by atoms with Crippen molar-refractivity contribution in [1.82, 2.24) is 9.97 Å². The van der Waals surface area contributed by atoms with Crippen molar-refractivity contribution in [2.24, 2.45) is 11.8 Å². The molecule has 0 aliphatic heterocycles. The Morgan fingerprint density at radius 2 is 1.74 bits per heavy atom. The molecule has 0 saturated carbocycles. The average Bonchev–Trinajstić information content (AvgIpc) is 2.68. The quantitative estimate of drug-likeness (QED) is 0.527. The number of nitrogens with zero attached hydrogens (tertiary/aromatic N) is 3. The van der Waals surface area contributed by atoms with Gasteiger partial charge in [-0.15, -0.1) is 0 Å². The zero-order valence-corrected chi connectivity index (χ0v) is 20.1. The van der Waals surface area contributed by atoms with Gasteiger partial charge in [0.2, 0.25) is 0 Å². The van der Waals surface area contributed by atoms with Crippen LogP contribution in [-0.2, 0) is 17.7 Å². The lowest BCUT2D eigenvalue weighted by atomic mass is 10.1. The maximum Gasteiger partial charge on any atom is 0.416 e. The molecule has 170 valence electrons. The molecule has 1 aromatic heterocycles. The molecule has 1 amide bonds. The highest BCUT2D eigenvalue weighted by Crippen LogP contribution is 2.23. The number of aromatic nitrogens is 2. The van der Waals surface area contributed by atoms with E-state index in [1.54, 1.807) is 4.90 Å². The lowest BCUT2D eigenvalue weighted by molar-refractivity contribution is 0.0576. The van der Waals surface area contributed by atoms with Crippen molar-refractivity contribution >= 4 is 17.7 Å². The minimum atomic E-state index is -0.599. The summed E-state index contributed by atoms with van der Waals surface area (Å²) in [6.07, 6.45) is 1.33. The number of anilines is 2. The fourth-order valence-electron chi connectivity index (χ4n) is 2.87. The van der Waals surface area contributed by atoms with E-state index in [-0.39, 0.29) is 0 Å². The van der Waals surface area contributed by atoms with E-state index >= 15 is 0 Å². The number of aryl methyl sites for hydroxylation is 1. The van der Waals surface area contributed by atoms with Gasteiger partial charge in [0.25, 0.3) is 0 Å². The van der Waals surface area contributed by atoms with Gasteiger partial charge in [-0.05, 0) is 44.6 Å². The van der Waals surface area contributed by atoms with Gasteiger partial charge in [0.05, 0.1) is 6.54 Å². The van der Waals surface area contributed by atoms with E-state index in [0.717, 1.165) is 36.6 Å². The maximum atomic E-state index is 13.1. The SMILES string of the molecule is CC(C)CCc1nc(NCC(C)C)cc(N(Cc2ccccc2)C(=O)OC(C)(C)C)n1. The Hall–Kier alpha value is -2.63. The molecule has 0 aliphatic carbocycles. The third-order valence-electron chi connectivity index (χ3n) is 4.47. The van der Waals surface area contributed by atoms with Crippen LogP contribution in [0, 0.1) is 11.8 Å². The van der Waals surface area contributed by atoms with E-state index in [0.29, 0.717) is 24.2 Å². The largest absolute Gasteiger partial charge is 0.443 e. The van der Waals surface area contributed by atoms with Crippen molar-refractivity contribution in [3.05, 3.63) is 47.8 Å². The van der Waals surface area contributed by atoms with Crippen molar-refractivity contribution in [3.63, 3.8) is 0 Å². The Morgan fingerprint density at radius 3 is 2.32 bits per heavy atom. The van der Waals surface area contributed by atoms with Crippen LogP contribution in [0.3, 0.4) is 0 Å². The van der Waals surface area contributed by atoms with Gasteiger partial charge in [-0.3, -0.25) is 4.90 Å². The van der Waals surface area contributed by atoms with Crippen molar-refractivity contribution in [1.29, 1.82) is 0 Å². The van der Waals surface area contributed by atoms with E-state index in [1.165, 1.54) is 0 Å². The summed E-state index contributed by atoms with van der Waals surface area (Å²) in [4.78, 5) is 24.2. The van der Waals surface area contributed by atoms with Gasteiger partial charge in [-0.1, -0.05) is 58.0 Å². The Kier molecular flexibility index (Phi) is 8.84. The van der Waals surface area contributed by atoms with Gasteiger partial charge in [-0.2, -0.15) is 0 Å². The van der Waals surface area contributed by atoms with Gasteiger partial charge < -0.3 is 10.1 Å². The van der Waals surface area contributed by atoms with Gasteiger partial charge in [0, 0.05) is 19.0 Å². The second kappa shape index (κ2) is 11.1. The van der Waals surface area contributed by atoms with Crippen molar-refractivity contribution in [3.8, 4) is 0 Å². The third kappa shape index (κ3) is 8.95. The topological polar surface area (TPSA) is 67.4 Å². The van der Waals surface area contributed by atoms with Crippen LogP contribution in [0.1, 0.15) is 66.3 Å². The summed E-state index contributed by atoms with van der Waals surface area (Å²) in [6, 6.07) is 11.7. The van der Waals surface area contributed by atoms with Crippen molar-refractivity contribution in [2.75, 3.05) is 16.8 Å². The molecule has 1 heterocycles. The highest BCUT2D eigenvalue weighted by molar-refractivity contribution is 5.87. The standard InChI is InChI=1S/C25H38N4O2/c1-18(2)13-14-21-27-22(26-16-19(3)4)15-23(28-21)29(24(30)31-25(5,6)7)17-20-11-9-8-10-12-20/h8-12,15,18-19H,13-14,16-17H2,1-7H3,(H,26,27,28). The lowest BCUT2D eigenvalue weighted by Crippen LogP contribution is -2.37. The number of hydrogen-bond donors (Lipinski definition) is 1. The molecule has 0 spiro atoms. The molecule has 6 nitrogen and oxygen atoms in total. The molecule has 6 heteroatoms. The fourth-order valence-corrected chi connectivity index (χ4v) is 2.87. The minimum Gasteiger partial charge on any atom is -0.443 e. The summed E-state index contributed by atoms with van der Waals surface area (Å²) in [6.45, 7) is 15.5. The van der Waals surface area contributed by atoms with Crippen molar-refractivity contribution in [2.45, 2.75) is 73.5 Å². The Labute approximate surface area is 187 Å². The second-order valence-electron chi connectivity index (χ2n) is 9.79. The first-order valence-corrected chi connectivity index (χ1v) is 11.2. The smallest absolute Gasteiger partial charge is 0.416 e. The molecule has 2 aromatic rings. The molecular weight excluding hydrogens is 388 g/mol. The summed E-state index contributed by atoms with van der Waals surface area (Å²) < 4.78 is 5.71. The predicted octanol–water partition coefficient (Wildman–Crippen LogP) is 6.07. The van der Waals surface area contributed by atoms with Gasteiger partial charge in [0.15, 0.2) is 0 Å². The number of carbonyl (C=O) groups excluding carboxylic acids is 1. The summed E-state index contributed by atoms with van der Waals surface area (Å²) >= 11 is 0. The summed E-state index contributed by atoms with van der Waals surface area (Å²) in [5.41, 5.74) is 0.408. The van der Waals surface area contributed by atoms with Gasteiger partial charge in [-0.25, -0.2) is 14.8 Å². The summed E-state index contributed by atoms with van der Waals surface area (Å²) in [7, 11) is 0. The number of hydrogen-bond acceptors (Lipinski definition) is 5. The highest BCUT2D eigenvalue weighted by Gasteiger charge is 2.25. The molecule has 0 saturated heterocycles. The zero-order chi connectivity index (χ0) is 23.0. The molecule has 0 unspecified atom stereocenters. The van der Waals surface area contributed by atoms with Crippen LogP contribution in [0.2, 0.25) is 0 Å². The predicted molar refractivity (Wildman–Crippen MR) is 127 cm³/mol. The number of amides is 1. The number of carbonyl (C=O) groups is 1. The van der Waals surface area contributed by atoms with Gasteiger partial charge in [0.1, 0.15) is 23.1 Å². The first-order chi connectivity index (χ1) is 14.5. The Bertz CT molecular complexity index is 799. The number of nitrogens with one attached hydrogen (secondary N) is 1. The van der Waals surface area contributed by atoms with Crippen LogP contribution in [-0.4, -0.2) is 28.2 Å². The van der Waals surface area contributed by atoms with E-state index in [1.807, 2.05) is 57.2 Å². The maximum absolute atomic E-state index is 13.1. The first kappa shape index (κ1) is 24.6. The van der Waals surface area contributed by atoms with E-state index < -0.39 is 11.7 Å². The van der Waals surface area contributed by atoms with Crippen LogP contribution in [0.4, 0.5) is 16.4 Å². The molecule has 1 N–H and O–H groups in total. The molecule has 0 radical (unpaired) electrons. The molecular formula is C25H38N4O2. The van der Waals surface area contributed by atoms with E-state index in [9.17, 15) is 4.79 Å². The molecule has 0 atom stereocenters. The lowest BCUT2D eigenvalue weighted by Gasteiger charge is -2.27. The number of rotatable bonds is 9. The zero-order valence-electron chi connectivity index (χ0n) is 20.1. The molecule has 2 rings (SSSR count). The fraction of sp³-hybridized carbons (Fsp3) is 0.560. The number of ether oxygens (including phenoxy) is 1. The summed E-state index contributed by atoms with van der Waals surface area (Å²) in [5.74, 6) is 3.05. The summed E-state index contributed by atoms with van der Waals surface area (Å²) in [5, 5.41) is 3.39. The minimum absolute atomic E-state index is 0.375. The Balaban J connectivity index is 2.43. The molecule has 0 bridgehead atoms. The van der Waals surface area contributed by atoms with E-state index in [4.69, 9.17) is 14.7 Å². The molecule has 0 fully saturated rings. The van der Waals surface area contributed by atoms with Crippen molar-refractivity contribution < 1.29 is 9.53 Å². The molecule has 1 aromatic carbocycles. The van der Waals surface area contributed by atoms with Crippen LogP contribution < -0.4 is 10.2 Å². The van der Waals surface area contributed by atoms with E-state index in [2.05, 4.69) is 33.0 Å². The van der Waals surface area contributed by atoms with Crippen LogP contribution in [0.25, 0.3) is 0 Å². The van der Waals surface area contributed by atoms with Crippen LogP contribution >= 0.6 is 0 Å². The second-order valence-corrected chi connectivity index (χ2v) is 9.79. The third-order valence-corrected chi connectivity index (χ3v) is 4.47. The average molecular weight is 427 g/mol. The molecule has 0 aliphatic rings. The first-order valence-electron chi connectivity index (χ1n) is 11.2. The Morgan fingerprint density at radius 1 is 1.06 bits per heavy atom. The normalized spacial score (nSPS) is 11.6.